The lowest BCUT2D eigenvalue weighted by atomic mass is 10.1. The molecule has 1 aliphatic rings. The summed E-state index contributed by atoms with van der Waals surface area (Å²) in [6.07, 6.45) is 1.81. The first-order valence-electron chi connectivity index (χ1n) is 7.72. The lowest BCUT2D eigenvalue weighted by molar-refractivity contribution is -0.130. The number of nitrogens with two attached hydrogens (primary N) is 1. The molecule has 0 radical (unpaired) electrons. The van der Waals surface area contributed by atoms with Gasteiger partial charge in [-0.3, -0.25) is 4.79 Å². The Bertz CT molecular complexity index is 675. The fourth-order valence-electron chi connectivity index (χ4n) is 2.70. The molecule has 1 aliphatic heterocycles. The van der Waals surface area contributed by atoms with Gasteiger partial charge in [0, 0.05) is 36.5 Å². The summed E-state index contributed by atoms with van der Waals surface area (Å²) >= 11 is 5.86. The van der Waals surface area contributed by atoms with E-state index in [0.717, 1.165) is 25.1 Å². The number of carbonyl (C=O) groups is 1. The Morgan fingerprint density at radius 3 is 2.79 bits per heavy atom. The summed E-state index contributed by atoms with van der Waals surface area (Å²) < 4.78 is 5.22. The van der Waals surface area contributed by atoms with E-state index in [4.69, 9.17) is 21.9 Å². The van der Waals surface area contributed by atoms with Crippen LogP contribution in [0.1, 0.15) is 18.7 Å². The highest BCUT2D eigenvalue weighted by Crippen LogP contribution is 2.20. The molecule has 2 heterocycles. The lowest BCUT2D eigenvalue weighted by Crippen LogP contribution is -2.30. The highest BCUT2D eigenvalue weighted by atomic mass is 35.5. The molecular weight excluding hydrogens is 351 g/mol. The number of nitrogens with zero attached hydrogens (tertiary/aromatic N) is 3. The maximum absolute atomic E-state index is 12.2. The number of aryl methyl sites for hydroxylation is 1. The van der Waals surface area contributed by atoms with Crippen molar-refractivity contribution >= 4 is 29.9 Å². The van der Waals surface area contributed by atoms with Crippen molar-refractivity contribution in [1.29, 1.82) is 0 Å². The minimum Gasteiger partial charge on any atom is -0.342 e. The zero-order valence-electron chi connectivity index (χ0n) is 13.2. The summed E-state index contributed by atoms with van der Waals surface area (Å²) in [6.45, 7) is 2.19. The molecule has 2 N–H and O–H groups in total. The molecule has 24 heavy (non-hydrogen) atoms. The van der Waals surface area contributed by atoms with Gasteiger partial charge in [-0.05, 0) is 43.1 Å². The van der Waals surface area contributed by atoms with Gasteiger partial charge in [0.2, 0.25) is 17.6 Å². The highest BCUT2D eigenvalue weighted by molar-refractivity contribution is 6.30. The first-order valence-corrected chi connectivity index (χ1v) is 8.10. The molecule has 1 fully saturated rings. The SMILES string of the molecule is Cl.NCC1CCN(C(=O)CCc2nc(-c3ccc(Cl)cc3)no2)C1. The number of halogens is 2. The molecule has 0 aliphatic carbocycles. The van der Waals surface area contributed by atoms with Crippen molar-refractivity contribution in [2.45, 2.75) is 19.3 Å². The van der Waals surface area contributed by atoms with Crippen molar-refractivity contribution in [3.8, 4) is 11.4 Å². The Balaban J connectivity index is 0.00000208. The third-order valence-corrected chi connectivity index (χ3v) is 4.35. The molecule has 1 aromatic carbocycles. The van der Waals surface area contributed by atoms with Crippen molar-refractivity contribution in [2.24, 2.45) is 11.7 Å². The molecular formula is C16H20Cl2N4O2. The quantitative estimate of drug-likeness (QED) is 0.873. The lowest BCUT2D eigenvalue weighted by Gasteiger charge is -2.15. The van der Waals surface area contributed by atoms with Gasteiger partial charge in [0.1, 0.15) is 0 Å². The fourth-order valence-corrected chi connectivity index (χ4v) is 2.82. The molecule has 0 spiro atoms. The average molecular weight is 371 g/mol. The van der Waals surface area contributed by atoms with Crippen LogP contribution in [0.2, 0.25) is 5.02 Å². The third kappa shape index (κ3) is 4.47. The van der Waals surface area contributed by atoms with Crippen molar-refractivity contribution < 1.29 is 9.32 Å². The number of benzene rings is 1. The molecule has 0 bridgehead atoms. The van der Waals surface area contributed by atoms with E-state index in [1.807, 2.05) is 17.0 Å². The van der Waals surface area contributed by atoms with Gasteiger partial charge in [-0.2, -0.15) is 4.98 Å². The smallest absolute Gasteiger partial charge is 0.227 e. The van der Waals surface area contributed by atoms with E-state index < -0.39 is 0 Å². The van der Waals surface area contributed by atoms with E-state index in [0.29, 0.717) is 42.0 Å². The zero-order chi connectivity index (χ0) is 16.2. The molecule has 1 unspecified atom stereocenters. The summed E-state index contributed by atoms with van der Waals surface area (Å²) in [7, 11) is 0. The summed E-state index contributed by atoms with van der Waals surface area (Å²) in [5.41, 5.74) is 6.48. The minimum atomic E-state index is 0. The zero-order valence-corrected chi connectivity index (χ0v) is 14.7. The van der Waals surface area contributed by atoms with Gasteiger partial charge in [0.15, 0.2) is 0 Å². The van der Waals surface area contributed by atoms with Gasteiger partial charge in [-0.15, -0.1) is 12.4 Å². The van der Waals surface area contributed by atoms with E-state index >= 15 is 0 Å². The van der Waals surface area contributed by atoms with Gasteiger partial charge in [-0.1, -0.05) is 16.8 Å². The van der Waals surface area contributed by atoms with E-state index in [1.165, 1.54) is 0 Å². The van der Waals surface area contributed by atoms with Crippen molar-refractivity contribution in [2.75, 3.05) is 19.6 Å². The van der Waals surface area contributed by atoms with Crippen LogP contribution in [0.3, 0.4) is 0 Å². The summed E-state index contributed by atoms with van der Waals surface area (Å²) in [4.78, 5) is 18.4. The van der Waals surface area contributed by atoms with E-state index in [-0.39, 0.29) is 18.3 Å². The van der Waals surface area contributed by atoms with Crippen molar-refractivity contribution in [3.05, 3.63) is 35.2 Å². The first-order chi connectivity index (χ1) is 11.2. The van der Waals surface area contributed by atoms with E-state index in [2.05, 4.69) is 10.1 Å². The summed E-state index contributed by atoms with van der Waals surface area (Å²) in [6, 6.07) is 7.22. The number of rotatable bonds is 5. The minimum absolute atomic E-state index is 0. The van der Waals surface area contributed by atoms with Crippen LogP contribution in [0, 0.1) is 5.92 Å². The molecule has 6 nitrogen and oxygen atoms in total. The number of hydrogen-bond acceptors (Lipinski definition) is 5. The van der Waals surface area contributed by atoms with Crippen LogP contribution in [0.4, 0.5) is 0 Å². The second kappa shape index (κ2) is 8.46. The molecule has 0 saturated carbocycles. The normalized spacial score (nSPS) is 16.9. The standard InChI is InChI=1S/C16H19ClN4O2.ClH/c17-13-3-1-12(2-4-13)16-19-14(23-20-16)5-6-15(22)21-8-7-11(9-18)10-21;/h1-4,11H,5-10,18H2;1H. The van der Waals surface area contributed by atoms with Crippen LogP contribution in [-0.2, 0) is 11.2 Å². The van der Waals surface area contributed by atoms with Crippen LogP contribution in [0.25, 0.3) is 11.4 Å². The Kier molecular flexibility index (Phi) is 6.60. The molecule has 1 atom stereocenters. The van der Waals surface area contributed by atoms with E-state index in [1.54, 1.807) is 12.1 Å². The maximum atomic E-state index is 12.2. The van der Waals surface area contributed by atoms with Crippen LogP contribution >= 0.6 is 24.0 Å². The molecule has 2 aromatic rings. The second-order valence-electron chi connectivity index (χ2n) is 5.75. The van der Waals surface area contributed by atoms with E-state index in [9.17, 15) is 4.79 Å². The Morgan fingerprint density at radius 2 is 2.12 bits per heavy atom. The molecule has 3 rings (SSSR count). The summed E-state index contributed by atoms with van der Waals surface area (Å²) in [5, 5.41) is 4.60. The van der Waals surface area contributed by atoms with Gasteiger partial charge in [0.25, 0.3) is 0 Å². The maximum Gasteiger partial charge on any atom is 0.227 e. The Hall–Kier alpha value is -1.63. The number of amides is 1. The highest BCUT2D eigenvalue weighted by Gasteiger charge is 2.25. The molecule has 1 aromatic heterocycles. The first kappa shape index (κ1) is 18.7. The van der Waals surface area contributed by atoms with Crippen LogP contribution < -0.4 is 5.73 Å². The van der Waals surface area contributed by atoms with Crippen LogP contribution in [0.5, 0.6) is 0 Å². The third-order valence-electron chi connectivity index (χ3n) is 4.10. The predicted octanol–water partition coefficient (Wildman–Crippen LogP) is 2.55. The van der Waals surface area contributed by atoms with Crippen LogP contribution in [-0.4, -0.2) is 40.6 Å². The van der Waals surface area contributed by atoms with Crippen molar-refractivity contribution in [3.63, 3.8) is 0 Å². The average Bonchev–Trinajstić information content (AvgIpc) is 3.22. The molecule has 1 amide bonds. The Labute approximate surface area is 151 Å². The van der Waals surface area contributed by atoms with Gasteiger partial charge >= 0.3 is 0 Å². The molecule has 130 valence electrons. The van der Waals surface area contributed by atoms with Gasteiger partial charge in [-0.25, -0.2) is 0 Å². The monoisotopic (exact) mass is 370 g/mol. The fraction of sp³-hybridized carbons (Fsp3) is 0.438. The number of likely N-dealkylation sites (tertiary alicyclic amines) is 1. The van der Waals surface area contributed by atoms with Crippen LogP contribution in [0.15, 0.2) is 28.8 Å². The van der Waals surface area contributed by atoms with Gasteiger partial charge in [0.05, 0.1) is 0 Å². The number of hydrogen-bond donors (Lipinski definition) is 1. The largest absolute Gasteiger partial charge is 0.342 e. The summed E-state index contributed by atoms with van der Waals surface area (Å²) in [5.74, 6) is 1.53. The van der Waals surface area contributed by atoms with Crippen molar-refractivity contribution in [1.82, 2.24) is 15.0 Å². The molecule has 8 heteroatoms. The number of aromatic nitrogens is 2. The molecule has 1 saturated heterocycles. The Morgan fingerprint density at radius 1 is 1.38 bits per heavy atom. The number of carbonyl (C=O) groups excluding carboxylic acids is 1. The van der Waals surface area contributed by atoms with Gasteiger partial charge < -0.3 is 15.2 Å². The predicted molar refractivity (Wildman–Crippen MR) is 94.1 cm³/mol. The second-order valence-corrected chi connectivity index (χ2v) is 6.19. The topological polar surface area (TPSA) is 85.2 Å².